The third-order valence-corrected chi connectivity index (χ3v) is 4.63. The number of hydrogen-bond acceptors (Lipinski definition) is 3. The fraction of sp³-hybridized carbons (Fsp3) is 0.318. The van der Waals surface area contributed by atoms with Gasteiger partial charge in [-0.3, -0.25) is 4.79 Å². The fourth-order valence-electron chi connectivity index (χ4n) is 2.98. The zero-order chi connectivity index (χ0) is 18.5. The number of hydrogen-bond donors (Lipinski definition) is 1. The Morgan fingerprint density at radius 3 is 2.23 bits per heavy atom. The Morgan fingerprint density at radius 2 is 1.69 bits per heavy atom. The Kier molecular flexibility index (Phi) is 5.61. The molecular formula is C22H25NO3. The highest BCUT2D eigenvalue weighted by molar-refractivity contribution is 5.92. The number of carbonyl (C=O) groups is 1. The summed E-state index contributed by atoms with van der Waals surface area (Å²) in [6, 6.07) is 14.0. The molecule has 1 atom stereocenters. The van der Waals surface area contributed by atoms with Crippen molar-refractivity contribution in [2.45, 2.75) is 25.8 Å². The summed E-state index contributed by atoms with van der Waals surface area (Å²) in [5.41, 5.74) is 3.25. The maximum Gasteiger partial charge on any atom is 0.244 e. The van der Waals surface area contributed by atoms with Gasteiger partial charge >= 0.3 is 0 Å². The molecule has 1 aliphatic carbocycles. The number of methoxy groups -OCH3 is 2. The molecule has 2 aromatic carbocycles. The zero-order valence-electron chi connectivity index (χ0n) is 15.5. The van der Waals surface area contributed by atoms with Crippen LogP contribution in [0.25, 0.3) is 6.08 Å². The van der Waals surface area contributed by atoms with E-state index < -0.39 is 0 Å². The molecule has 1 aliphatic rings. The number of amides is 1. The molecule has 4 nitrogen and oxygen atoms in total. The van der Waals surface area contributed by atoms with Gasteiger partial charge in [0.1, 0.15) is 11.5 Å². The van der Waals surface area contributed by atoms with Crippen molar-refractivity contribution in [2.24, 2.45) is 5.92 Å². The second kappa shape index (κ2) is 8.09. The molecule has 2 aromatic rings. The van der Waals surface area contributed by atoms with Crippen LogP contribution in [0, 0.1) is 12.8 Å². The molecule has 1 N–H and O–H groups in total. The zero-order valence-corrected chi connectivity index (χ0v) is 15.5. The summed E-state index contributed by atoms with van der Waals surface area (Å²) in [7, 11) is 3.22. The first-order chi connectivity index (χ1) is 12.6. The lowest BCUT2D eigenvalue weighted by Gasteiger charge is -2.18. The summed E-state index contributed by atoms with van der Waals surface area (Å²) in [5.74, 6) is 1.83. The highest BCUT2D eigenvalue weighted by Crippen LogP contribution is 2.41. The second-order valence-electron chi connectivity index (χ2n) is 6.71. The molecule has 1 amide bonds. The Balaban J connectivity index is 1.70. The molecule has 0 spiro atoms. The number of aryl methyl sites for hydroxylation is 1. The van der Waals surface area contributed by atoms with Gasteiger partial charge in [-0.25, -0.2) is 0 Å². The number of ether oxygens (including phenoxy) is 2. The Labute approximate surface area is 154 Å². The van der Waals surface area contributed by atoms with E-state index in [2.05, 4.69) is 36.5 Å². The Hall–Kier alpha value is -2.75. The summed E-state index contributed by atoms with van der Waals surface area (Å²) in [6.07, 6.45) is 5.67. The van der Waals surface area contributed by atoms with E-state index in [9.17, 15) is 4.79 Å². The van der Waals surface area contributed by atoms with Gasteiger partial charge in [-0.2, -0.15) is 0 Å². The third kappa shape index (κ3) is 4.66. The molecule has 26 heavy (non-hydrogen) atoms. The van der Waals surface area contributed by atoms with Crippen LogP contribution in [0.5, 0.6) is 11.5 Å². The maximum absolute atomic E-state index is 12.4. The molecule has 0 bridgehead atoms. The van der Waals surface area contributed by atoms with E-state index in [-0.39, 0.29) is 11.9 Å². The Morgan fingerprint density at radius 1 is 1.08 bits per heavy atom. The van der Waals surface area contributed by atoms with Gasteiger partial charge in [-0.1, -0.05) is 29.8 Å². The Bertz CT molecular complexity index is 769. The highest BCUT2D eigenvalue weighted by Gasteiger charge is 2.32. The largest absolute Gasteiger partial charge is 0.497 e. The van der Waals surface area contributed by atoms with Gasteiger partial charge in [0.05, 0.1) is 20.3 Å². The fourth-order valence-corrected chi connectivity index (χ4v) is 2.98. The molecule has 3 rings (SSSR count). The van der Waals surface area contributed by atoms with Crippen LogP contribution in [0.4, 0.5) is 0 Å². The van der Waals surface area contributed by atoms with Crippen LogP contribution in [0.2, 0.25) is 0 Å². The number of benzene rings is 2. The van der Waals surface area contributed by atoms with Crippen molar-refractivity contribution in [1.29, 1.82) is 0 Å². The van der Waals surface area contributed by atoms with Gasteiger partial charge in [0.25, 0.3) is 0 Å². The van der Waals surface area contributed by atoms with Crippen LogP contribution in [-0.4, -0.2) is 20.1 Å². The van der Waals surface area contributed by atoms with Gasteiger partial charge in [0.15, 0.2) is 0 Å². The minimum Gasteiger partial charge on any atom is -0.497 e. The van der Waals surface area contributed by atoms with Crippen molar-refractivity contribution in [3.8, 4) is 11.5 Å². The van der Waals surface area contributed by atoms with Crippen LogP contribution in [0.3, 0.4) is 0 Å². The first-order valence-corrected chi connectivity index (χ1v) is 8.87. The van der Waals surface area contributed by atoms with Gasteiger partial charge in [-0.05, 0) is 55.0 Å². The van der Waals surface area contributed by atoms with Crippen molar-refractivity contribution in [1.82, 2.24) is 5.32 Å². The van der Waals surface area contributed by atoms with E-state index in [0.29, 0.717) is 17.4 Å². The molecule has 1 saturated carbocycles. The molecule has 4 heteroatoms. The van der Waals surface area contributed by atoms with Crippen molar-refractivity contribution >= 4 is 12.0 Å². The first-order valence-electron chi connectivity index (χ1n) is 8.87. The SMILES string of the molecule is COc1cc(/C=C/C(=O)NC(c2ccc(C)cc2)C2CC2)cc(OC)c1. The van der Waals surface area contributed by atoms with Gasteiger partial charge < -0.3 is 14.8 Å². The quantitative estimate of drug-likeness (QED) is 0.757. The van der Waals surface area contributed by atoms with Crippen LogP contribution in [-0.2, 0) is 4.79 Å². The minimum atomic E-state index is -0.0933. The molecule has 0 radical (unpaired) electrons. The van der Waals surface area contributed by atoms with E-state index >= 15 is 0 Å². The molecule has 1 unspecified atom stereocenters. The second-order valence-corrected chi connectivity index (χ2v) is 6.71. The lowest BCUT2D eigenvalue weighted by Crippen LogP contribution is -2.28. The summed E-state index contributed by atoms with van der Waals surface area (Å²) < 4.78 is 10.5. The van der Waals surface area contributed by atoms with Gasteiger partial charge in [0, 0.05) is 12.1 Å². The topological polar surface area (TPSA) is 47.6 Å². The van der Waals surface area contributed by atoms with Crippen LogP contribution < -0.4 is 14.8 Å². The summed E-state index contributed by atoms with van der Waals surface area (Å²) >= 11 is 0. The predicted octanol–water partition coefficient (Wildman–Crippen LogP) is 4.29. The lowest BCUT2D eigenvalue weighted by atomic mass is 10.0. The lowest BCUT2D eigenvalue weighted by molar-refractivity contribution is -0.117. The average molecular weight is 351 g/mol. The minimum absolute atomic E-state index is 0.0765. The molecule has 0 aromatic heterocycles. The van der Waals surface area contributed by atoms with Crippen molar-refractivity contribution in [3.05, 3.63) is 65.2 Å². The van der Waals surface area contributed by atoms with Crippen LogP contribution in [0.15, 0.2) is 48.5 Å². The molecule has 136 valence electrons. The van der Waals surface area contributed by atoms with Gasteiger partial charge in [-0.15, -0.1) is 0 Å². The van der Waals surface area contributed by atoms with E-state index in [1.807, 2.05) is 12.1 Å². The normalized spacial score (nSPS) is 14.9. The van der Waals surface area contributed by atoms with Crippen molar-refractivity contribution in [2.75, 3.05) is 14.2 Å². The average Bonchev–Trinajstić information content (AvgIpc) is 3.50. The first kappa shape index (κ1) is 18.1. The third-order valence-electron chi connectivity index (χ3n) is 4.63. The van der Waals surface area contributed by atoms with E-state index in [4.69, 9.17) is 9.47 Å². The van der Waals surface area contributed by atoms with Crippen molar-refractivity contribution < 1.29 is 14.3 Å². The van der Waals surface area contributed by atoms with Crippen molar-refractivity contribution in [3.63, 3.8) is 0 Å². The monoisotopic (exact) mass is 351 g/mol. The summed E-state index contributed by atoms with van der Waals surface area (Å²) in [6.45, 7) is 2.07. The summed E-state index contributed by atoms with van der Waals surface area (Å²) in [4.78, 5) is 12.4. The van der Waals surface area contributed by atoms with Crippen LogP contribution in [0.1, 0.15) is 35.6 Å². The van der Waals surface area contributed by atoms with E-state index in [0.717, 1.165) is 18.4 Å². The molecule has 0 heterocycles. The standard InChI is InChI=1S/C22H25NO3/c1-15-4-7-17(8-5-15)22(18-9-10-18)23-21(24)11-6-16-12-19(25-2)14-20(13-16)26-3/h4-8,11-14,18,22H,9-10H2,1-3H3,(H,23,24)/b11-6+. The summed E-state index contributed by atoms with van der Waals surface area (Å²) in [5, 5.41) is 3.15. The molecule has 0 aliphatic heterocycles. The van der Waals surface area contributed by atoms with Gasteiger partial charge in [0.2, 0.25) is 5.91 Å². The van der Waals surface area contributed by atoms with Crippen LogP contribution >= 0.6 is 0 Å². The molecular weight excluding hydrogens is 326 g/mol. The molecule has 1 fully saturated rings. The predicted molar refractivity (Wildman–Crippen MR) is 103 cm³/mol. The number of nitrogens with one attached hydrogen (secondary N) is 1. The van der Waals surface area contributed by atoms with E-state index in [1.54, 1.807) is 32.4 Å². The highest BCUT2D eigenvalue weighted by atomic mass is 16.5. The maximum atomic E-state index is 12.4. The molecule has 0 saturated heterocycles. The smallest absolute Gasteiger partial charge is 0.244 e. The van der Waals surface area contributed by atoms with E-state index in [1.165, 1.54) is 11.1 Å². The number of carbonyl (C=O) groups excluding carboxylic acids is 1. The number of rotatable bonds is 7.